The molecule has 0 radical (unpaired) electrons. The quantitative estimate of drug-likeness (QED) is 0.275. The van der Waals surface area contributed by atoms with Gasteiger partial charge in [0, 0.05) is 32.3 Å². The van der Waals surface area contributed by atoms with Crippen LogP contribution >= 0.6 is 0 Å². The van der Waals surface area contributed by atoms with Crippen molar-refractivity contribution < 1.29 is 35.0 Å². The van der Waals surface area contributed by atoms with Gasteiger partial charge in [0.1, 0.15) is 6.10 Å². The molecule has 0 saturated heterocycles. The first-order valence-electron chi connectivity index (χ1n) is 10.4. The maximum Gasteiger partial charge on any atom is 0.104 e. The minimum atomic E-state index is -0.401. The highest BCUT2D eigenvalue weighted by atomic mass is 16.5. The number of hydrogen-bond acceptors (Lipinski definition) is 7. The summed E-state index contributed by atoms with van der Waals surface area (Å²) in [7, 11) is 0. The number of ether oxygens (including phenoxy) is 2. The van der Waals surface area contributed by atoms with Crippen LogP contribution < -0.4 is 0 Å². The summed E-state index contributed by atoms with van der Waals surface area (Å²) in [5.74, 6) is 1.78. The molecular formula is C21H48O7. The molecule has 7 nitrogen and oxygen atoms in total. The summed E-state index contributed by atoms with van der Waals surface area (Å²) in [6.45, 7) is 14.4. The predicted octanol–water partition coefficient (Wildman–Crippen LogP) is 1.69. The molecule has 0 saturated carbocycles. The Morgan fingerprint density at radius 3 is 1.43 bits per heavy atom. The third-order valence-corrected chi connectivity index (χ3v) is 3.43. The van der Waals surface area contributed by atoms with E-state index in [-0.39, 0.29) is 39.0 Å². The second kappa shape index (κ2) is 24.8. The normalized spacial score (nSPS) is 11.1. The Balaban J connectivity index is -0.000000337. The number of rotatable bonds is 14. The van der Waals surface area contributed by atoms with Crippen molar-refractivity contribution in [3.63, 3.8) is 0 Å². The zero-order valence-electron chi connectivity index (χ0n) is 19.0. The fourth-order valence-corrected chi connectivity index (χ4v) is 1.68. The van der Waals surface area contributed by atoms with Gasteiger partial charge >= 0.3 is 0 Å². The second-order valence-corrected chi connectivity index (χ2v) is 8.11. The highest BCUT2D eigenvalue weighted by molar-refractivity contribution is 4.56. The van der Waals surface area contributed by atoms with Crippen molar-refractivity contribution in [1.82, 2.24) is 0 Å². The van der Waals surface area contributed by atoms with Gasteiger partial charge in [-0.2, -0.15) is 0 Å². The van der Waals surface area contributed by atoms with Crippen molar-refractivity contribution in [2.24, 2.45) is 23.7 Å². The number of aliphatic hydroxyl groups excluding tert-OH is 5. The molecule has 0 atom stereocenters. The lowest BCUT2D eigenvalue weighted by Crippen LogP contribution is -2.23. The van der Waals surface area contributed by atoms with Crippen LogP contribution in [0.25, 0.3) is 0 Å². The molecule has 0 aromatic heterocycles. The van der Waals surface area contributed by atoms with Gasteiger partial charge in [-0.25, -0.2) is 0 Å². The Morgan fingerprint density at radius 1 is 0.607 bits per heavy atom. The molecule has 0 aromatic carbocycles. The highest BCUT2D eigenvalue weighted by Crippen LogP contribution is 2.10. The zero-order chi connectivity index (χ0) is 22.4. The van der Waals surface area contributed by atoms with Crippen molar-refractivity contribution in [1.29, 1.82) is 0 Å². The lowest BCUT2D eigenvalue weighted by atomic mass is 9.99. The summed E-state index contributed by atoms with van der Waals surface area (Å²) < 4.78 is 10.1. The Bertz CT molecular complexity index is 245. The van der Waals surface area contributed by atoms with Gasteiger partial charge in [-0.15, -0.1) is 0 Å². The minimum absolute atomic E-state index is 0.0994. The van der Waals surface area contributed by atoms with E-state index in [9.17, 15) is 0 Å². The van der Waals surface area contributed by atoms with Crippen LogP contribution in [0, 0.1) is 23.7 Å². The van der Waals surface area contributed by atoms with Gasteiger partial charge in [-0.1, -0.05) is 48.0 Å². The average molecular weight is 413 g/mol. The Hall–Kier alpha value is -0.280. The Labute approximate surface area is 172 Å². The minimum Gasteiger partial charge on any atom is -0.396 e. The van der Waals surface area contributed by atoms with Gasteiger partial charge in [0.05, 0.1) is 26.4 Å². The molecule has 0 aromatic rings. The van der Waals surface area contributed by atoms with E-state index in [4.69, 9.17) is 35.0 Å². The molecule has 28 heavy (non-hydrogen) atoms. The van der Waals surface area contributed by atoms with Gasteiger partial charge in [-0.05, 0) is 24.2 Å². The molecule has 0 amide bonds. The first-order valence-corrected chi connectivity index (χ1v) is 10.4. The summed E-state index contributed by atoms with van der Waals surface area (Å²) in [6, 6.07) is 0. The molecule has 0 rings (SSSR count). The van der Waals surface area contributed by atoms with Gasteiger partial charge in [0.25, 0.3) is 0 Å². The topological polar surface area (TPSA) is 120 Å². The summed E-state index contributed by atoms with van der Waals surface area (Å²) >= 11 is 0. The molecule has 0 aliphatic rings. The van der Waals surface area contributed by atoms with Crippen LogP contribution in [-0.4, -0.2) is 84.5 Å². The molecule has 0 fully saturated rings. The molecule has 0 heterocycles. The van der Waals surface area contributed by atoms with Crippen LogP contribution in [-0.2, 0) is 9.47 Å². The lowest BCUT2D eigenvalue weighted by Gasteiger charge is -2.13. The summed E-state index contributed by atoms with van der Waals surface area (Å²) in [6.07, 6.45) is 1.62. The van der Waals surface area contributed by atoms with Crippen LogP contribution in [0.3, 0.4) is 0 Å². The van der Waals surface area contributed by atoms with Crippen molar-refractivity contribution in [3.8, 4) is 0 Å². The first-order chi connectivity index (χ1) is 13.2. The van der Waals surface area contributed by atoms with E-state index >= 15 is 0 Å². The molecule has 0 unspecified atom stereocenters. The van der Waals surface area contributed by atoms with E-state index in [0.717, 1.165) is 19.4 Å². The van der Waals surface area contributed by atoms with Gasteiger partial charge in [-0.3, -0.25) is 0 Å². The summed E-state index contributed by atoms with van der Waals surface area (Å²) in [5.41, 5.74) is 0. The van der Waals surface area contributed by atoms with E-state index in [1.54, 1.807) is 0 Å². The largest absolute Gasteiger partial charge is 0.396 e. The van der Waals surface area contributed by atoms with Crippen molar-refractivity contribution in [2.45, 2.75) is 60.5 Å². The summed E-state index contributed by atoms with van der Waals surface area (Å²) in [4.78, 5) is 0. The van der Waals surface area contributed by atoms with E-state index in [1.165, 1.54) is 0 Å². The first kappa shape index (κ1) is 32.4. The van der Waals surface area contributed by atoms with E-state index in [0.29, 0.717) is 31.0 Å². The zero-order valence-corrected chi connectivity index (χ0v) is 19.0. The molecular weight excluding hydrogens is 364 g/mol. The smallest absolute Gasteiger partial charge is 0.104 e. The van der Waals surface area contributed by atoms with Gasteiger partial charge in [0.15, 0.2) is 0 Å². The average Bonchev–Trinajstić information content (AvgIpc) is 2.64. The molecule has 0 bridgehead atoms. The van der Waals surface area contributed by atoms with Crippen LogP contribution in [0.1, 0.15) is 54.4 Å². The third kappa shape index (κ3) is 30.4. The standard InChI is InChI=1S/C8H18O2.C7H16O3.C6H14O2/c1-7(2)3-4-8(5-9)6-10;1-6(2)5-10-7(3-8)4-9;1-6(2)5-8-4-3-7/h7-10H,3-6H2,1-2H3;6-9H,3-5H2,1-2H3;6-7H,3-5H2,1-2H3. The molecule has 174 valence electrons. The van der Waals surface area contributed by atoms with Crippen LogP contribution in [0.15, 0.2) is 0 Å². The van der Waals surface area contributed by atoms with Crippen LogP contribution in [0.4, 0.5) is 0 Å². The van der Waals surface area contributed by atoms with Gasteiger partial charge in [0.2, 0.25) is 0 Å². The van der Waals surface area contributed by atoms with Crippen molar-refractivity contribution >= 4 is 0 Å². The lowest BCUT2D eigenvalue weighted by molar-refractivity contribution is -0.0294. The van der Waals surface area contributed by atoms with E-state index in [1.807, 2.05) is 13.8 Å². The maximum atomic E-state index is 8.68. The predicted molar refractivity (Wildman–Crippen MR) is 113 cm³/mol. The SMILES string of the molecule is CC(C)CCC(CO)CO.CC(C)COC(CO)CO.CC(C)COCCO. The fraction of sp³-hybridized carbons (Fsp3) is 1.00. The molecule has 5 N–H and O–H groups in total. The monoisotopic (exact) mass is 412 g/mol. The Kier molecular flexibility index (Phi) is 28.6. The van der Waals surface area contributed by atoms with E-state index in [2.05, 4.69) is 27.7 Å². The molecule has 0 spiro atoms. The fourth-order valence-electron chi connectivity index (χ4n) is 1.68. The Morgan fingerprint density at radius 2 is 1.11 bits per heavy atom. The summed E-state index contributed by atoms with van der Waals surface area (Å²) in [5, 5.41) is 42.7. The molecule has 7 heteroatoms. The number of hydrogen-bond donors (Lipinski definition) is 5. The second-order valence-electron chi connectivity index (χ2n) is 8.11. The van der Waals surface area contributed by atoms with E-state index < -0.39 is 6.10 Å². The van der Waals surface area contributed by atoms with Crippen molar-refractivity contribution in [3.05, 3.63) is 0 Å². The maximum absolute atomic E-state index is 8.68. The van der Waals surface area contributed by atoms with Crippen molar-refractivity contribution in [2.75, 3.05) is 52.9 Å². The third-order valence-electron chi connectivity index (χ3n) is 3.43. The highest BCUT2D eigenvalue weighted by Gasteiger charge is 2.06. The van der Waals surface area contributed by atoms with Crippen LogP contribution in [0.5, 0.6) is 0 Å². The van der Waals surface area contributed by atoms with Crippen LogP contribution in [0.2, 0.25) is 0 Å². The van der Waals surface area contributed by atoms with Gasteiger partial charge < -0.3 is 35.0 Å². The molecule has 0 aliphatic carbocycles. The number of aliphatic hydroxyl groups is 5. The molecule has 0 aliphatic heterocycles.